The van der Waals surface area contributed by atoms with Gasteiger partial charge in [0, 0.05) is 0 Å². The summed E-state index contributed by atoms with van der Waals surface area (Å²) in [5, 5.41) is 17.8. The van der Waals surface area contributed by atoms with Gasteiger partial charge in [-0.3, -0.25) is 14.4 Å². The largest absolute Gasteiger partial charge is 0.481 e. The fourth-order valence-electron chi connectivity index (χ4n) is 3.33. The zero-order chi connectivity index (χ0) is 23.4. The number of allylic oxidation sites excluding steroid dienone is 2. The molecule has 0 saturated heterocycles. The average molecular weight is 442 g/mol. The van der Waals surface area contributed by atoms with Crippen LogP contribution in [0.3, 0.4) is 0 Å². The second-order valence-corrected chi connectivity index (χ2v) is 8.37. The molecule has 0 aromatic rings. The lowest BCUT2D eigenvalue weighted by Crippen LogP contribution is -2.51. The summed E-state index contributed by atoms with van der Waals surface area (Å²) >= 11 is 0. The summed E-state index contributed by atoms with van der Waals surface area (Å²) in [4.78, 5) is 33.6. The van der Waals surface area contributed by atoms with Gasteiger partial charge in [0.1, 0.15) is 5.54 Å². The summed E-state index contributed by atoms with van der Waals surface area (Å²) in [5.41, 5.74) is 3.39. The van der Waals surface area contributed by atoms with E-state index in [4.69, 9.17) is 20.7 Å². The van der Waals surface area contributed by atoms with Crippen molar-refractivity contribution in [3.8, 4) is 0 Å². The zero-order valence-corrected chi connectivity index (χ0v) is 19.3. The Morgan fingerprint density at radius 3 is 1.74 bits per heavy atom. The Labute approximate surface area is 187 Å². The van der Waals surface area contributed by atoms with E-state index in [0.29, 0.717) is 6.42 Å². The fourth-order valence-corrected chi connectivity index (χ4v) is 3.33. The number of unbranched alkanes of at least 4 members (excludes halogenated alkanes) is 12. The number of carbonyl (C=O) groups excluding carboxylic acids is 1. The van der Waals surface area contributed by atoms with E-state index < -0.39 is 36.3 Å². The van der Waals surface area contributed by atoms with E-state index in [-0.39, 0.29) is 6.61 Å². The Balaban J connectivity index is 3.57. The smallest absolute Gasteiger partial charge is 0.324 e. The van der Waals surface area contributed by atoms with Crippen molar-refractivity contribution >= 4 is 17.9 Å². The summed E-state index contributed by atoms with van der Waals surface area (Å²) in [5.74, 6) is -3.67. The summed E-state index contributed by atoms with van der Waals surface area (Å²) in [6, 6.07) is 0. The molecular formula is C24H43NO6. The predicted molar refractivity (Wildman–Crippen MR) is 122 cm³/mol. The molecule has 0 saturated carbocycles. The number of nitrogens with two attached hydrogens (primary N) is 1. The van der Waals surface area contributed by atoms with Gasteiger partial charge in [-0.1, -0.05) is 76.9 Å². The Bertz CT molecular complexity index is 534. The molecule has 1 unspecified atom stereocenters. The molecular weight excluding hydrogens is 398 g/mol. The molecule has 31 heavy (non-hydrogen) atoms. The molecule has 0 spiro atoms. The van der Waals surface area contributed by atoms with E-state index in [1.165, 1.54) is 57.8 Å². The van der Waals surface area contributed by atoms with Gasteiger partial charge in [0.25, 0.3) is 0 Å². The van der Waals surface area contributed by atoms with Gasteiger partial charge in [0.05, 0.1) is 19.4 Å². The van der Waals surface area contributed by atoms with Crippen LogP contribution in [0.25, 0.3) is 0 Å². The highest BCUT2D eigenvalue weighted by Crippen LogP contribution is 2.15. The molecule has 4 N–H and O–H groups in total. The number of carboxylic acids is 2. The molecule has 0 fully saturated rings. The first-order valence-electron chi connectivity index (χ1n) is 11.9. The molecule has 0 aliphatic carbocycles. The Kier molecular flexibility index (Phi) is 17.7. The minimum Gasteiger partial charge on any atom is -0.481 e. The number of rotatable bonds is 21. The first-order valence-corrected chi connectivity index (χ1v) is 11.9. The van der Waals surface area contributed by atoms with E-state index in [9.17, 15) is 14.4 Å². The number of carbonyl (C=O) groups is 3. The van der Waals surface area contributed by atoms with Crippen LogP contribution in [0.1, 0.15) is 110 Å². The molecule has 7 heteroatoms. The van der Waals surface area contributed by atoms with Crippen LogP contribution >= 0.6 is 0 Å². The van der Waals surface area contributed by atoms with Crippen molar-refractivity contribution in [3.63, 3.8) is 0 Å². The van der Waals surface area contributed by atoms with Crippen molar-refractivity contribution in [3.05, 3.63) is 12.2 Å². The Hall–Kier alpha value is -1.89. The van der Waals surface area contributed by atoms with E-state index in [1.54, 1.807) is 0 Å². The quantitative estimate of drug-likeness (QED) is 0.127. The summed E-state index contributed by atoms with van der Waals surface area (Å²) in [6.45, 7) is 2.44. The maximum Gasteiger partial charge on any atom is 0.324 e. The van der Waals surface area contributed by atoms with E-state index in [2.05, 4.69) is 19.1 Å². The molecule has 0 heterocycles. The topological polar surface area (TPSA) is 127 Å². The normalized spacial score (nSPS) is 13.2. The van der Waals surface area contributed by atoms with E-state index >= 15 is 0 Å². The highest BCUT2D eigenvalue weighted by Gasteiger charge is 2.39. The molecule has 0 aromatic heterocycles. The second kappa shape index (κ2) is 18.8. The van der Waals surface area contributed by atoms with Crippen LogP contribution in [0, 0.1) is 0 Å². The van der Waals surface area contributed by atoms with Crippen LogP contribution in [0.5, 0.6) is 0 Å². The summed E-state index contributed by atoms with van der Waals surface area (Å²) < 4.78 is 5.00. The van der Waals surface area contributed by atoms with Crippen molar-refractivity contribution in [2.75, 3.05) is 6.61 Å². The van der Waals surface area contributed by atoms with Crippen molar-refractivity contribution in [1.82, 2.24) is 0 Å². The first-order chi connectivity index (χ1) is 14.8. The average Bonchev–Trinajstić information content (AvgIpc) is 2.69. The van der Waals surface area contributed by atoms with Gasteiger partial charge >= 0.3 is 17.9 Å². The molecule has 0 amide bonds. The maximum absolute atomic E-state index is 11.7. The zero-order valence-electron chi connectivity index (χ0n) is 19.3. The van der Waals surface area contributed by atoms with Crippen LogP contribution in [-0.2, 0) is 19.1 Å². The van der Waals surface area contributed by atoms with Crippen LogP contribution in [0.2, 0.25) is 0 Å². The van der Waals surface area contributed by atoms with Crippen molar-refractivity contribution in [1.29, 1.82) is 0 Å². The predicted octanol–water partition coefficient (Wildman–Crippen LogP) is 5.21. The lowest BCUT2D eigenvalue weighted by Gasteiger charge is -2.21. The summed E-state index contributed by atoms with van der Waals surface area (Å²) in [7, 11) is 0. The number of ether oxygens (including phenoxy) is 1. The molecule has 0 rings (SSSR count). The first kappa shape index (κ1) is 29.1. The van der Waals surface area contributed by atoms with Gasteiger partial charge in [-0.25, -0.2) is 0 Å². The molecule has 0 radical (unpaired) electrons. The van der Waals surface area contributed by atoms with Gasteiger partial charge in [0.2, 0.25) is 0 Å². The van der Waals surface area contributed by atoms with Gasteiger partial charge in [-0.2, -0.15) is 0 Å². The SMILES string of the molecule is CCCCCCCC/C=C\CCCCCCCCOC(=O)CC(N)(CC(=O)O)C(=O)O. The van der Waals surface area contributed by atoms with Crippen LogP contribution in [0.4, 0.5) is 0 Å². The van der Waals surface area contributed by atoms with Crippen molar-refractivity contribution in [2.24, 2.45) is 5.73 Å². The third-order valence-electron chi connectivity index (χ3n) is 5.27. The standard InChI is InChI=1S/C24H43NO6/c1-2-3-4-5-6-7-8-9-10-11-12-13-14-15-16-17-18-31-22(28)20-24(25,23(29)30)19-21(26)27/h9-10H,2-8,11-20,25H2,1H3,(H,26,27)(H,29,30)/b10-9-. The Morgan fingerprint density at radius 1 is 0.774 bits per heavy atom. The number of carboxylic acid groups (broad SMARTS) is 2. The lowest BCUT2D eigenvalue weighted by atomic mass is 9.93. The van der Waals surface area contributed by atoms with E-state index in [0.717, 1.165) is 25.7 Å². The summed E-state index contributed by atoms with van der Waals surface area (Å²) in [6.07, 6.45) is 19.7. The molecule has 0 aromatic carbocycles. The van der Waals surface area contributed by atoms with Crippen molar-refractivity contribution in [2.45, 2.75) is 115 Å². The van der Waals surface area contributed by atoms with Gasteiger partial charge in [0.15, 0.2) is 0 Å². The van der Waals surface area contributed by atoms with Crippen molar-refractivity contribution < 1.29 is 29.3 Å². The number of esters is 1. The maximum atomic E-state index is 11.7. The highest BCUT2D eigenvalue weighted by atomic mass is 16.5. The second-order valence-electron chi connectivity index (χ2n) is 8.37. The highest BCUT2D eigenvalue weighted by molar-refractivity contribution is 5.89. The molecule has 0 aliphatic rings. The van der Waals surface area contributed by atoms with Gasteiger partial charge in [-0.15, -0.1) is 0 Å². The monoisotopic (exact) mass is 441 g/mol. The number of hydrogen-bond acceptors (Lipinski definition) is 5. The molecule has 0 aliphatic heterocycles. The Morgan fingerprint density at radius 2 is 1.26 bits per heavy atom. The minimum atomic E-state index is -2.13. The van der Waals surface area contributed by atoms with E-state index in [1.807, 2.05) is 0 Å². The number of aliphatic carboxylic acids is 2. The third kappa shape index (κ3) is 17.5. The third-order valence-corrected chi connectivity index (χ3v) is 5.27. The fraction of sp³-hybridized carbons (Fsp3) is 0.792. The van der Waals surface area contributed by atoms with Crippen LogP contribution < -0.4 is 5.73 Å². The van der Waals surface area contributed by atoms with Gasteiger partial charge < -0.3 is 20.7 Å². The van der Waals surface area contributed by atoms with Gasteiger partial charge in [-0.05, 0) is 32.1 Å². The molecule has 0 bridgehead atoms. The van der Waals surface area contributed by atoms with Crippen LogP contribution in [-0.4, -0.2) is 40.3 Å². The molecule has 7 nitrogen and oxygen atoms in total. The van der Waals surface area contributed by atoms with Crippen LogP contribution in [0.15, 0.2) is 12.2 Å². The minimum absolute atomic E-state index is 0.197. The molecule has 1 atom stereocenters. The lowest BCUT2D eigenvalue weighted by molar-refractivity contribution is -0.156. The number of hydrogen-bond donors (Lipinski definition) is 3. The molecule has 180 valence electrons.